The van der Waals surface area contributed by atoms with E-state index in [1.54, 1.807) is 0 Å². The number of carboxylic acids is 1. The summed E-state index contributed by atoms with van der Waals surface area (Å²) in [5.41, 5.74) is 3.63. The Kier molecular flexibility index (Phi) is 7.34. The zero-order valence-electron chi connectivity index (χ0n) is 17.3. The van der Waals surface area contributed by atoms with Gasteiger partial charge in [0.1, 0.15) is 4.88 Å². The number of nitrogens with one attached hydrogen (secondary N) is 1. The maximum atomic E-state index is 12.0. The molecule has 2 N–H and O–H groups in total. The number of hydrogen-bond donors (Lipinski definition) is 2. The Morgan fingerprint density at radius 3 is 2.86 bits per heavy atom. The van der Waals surface area contributed by atoms with Gasteiger partial charge in [0.2, 0.25) is 0 Å². The highest BCUT2D eigenvalue weighted by Gasteiger charge is 2.28. The fourth-order valence-corrected chi connectivity index (χ4v) is 5.21. The molecule has 4 nitrogen and oxygen atoms in total. The predicted molar refractivity (Wildman–Crippen MR) is 117 cm³/mol. The van der Waals surface area contributed by atoms with Crippen molar-refractivity contribution in [3.8, 4) is 11.8 Å². The third-order valence-electron chi connectivity index (χ3n) is 5.83. The van der Waals surface area contributed by atoms with Gasteiger partial charge >= 0.3 is 5.97 Å². The largest absolute Gasteiger partial charge is 0.477 e. The summed E-state index contributed by atoms with van der Waals surface area (Å²) >= 11 is 1.33. The van der Waals surface area contributed by atoms with E-state index >= 15 is 0 Å². The molecule has 152 valence electrons. The molecule has 3 heterocycles. The van der Waals surface area contributed by atoms with Crippen LogP contribution in [0, 0.1) is 23.7 Å². The van der Waals surface area contributed by atoms with Crippen LogP contribution in [0.2, 0.25) is 0 Å². The van der Waals surface area contributed by atoms with Crippen molar-refractivity contribution >= 4 is 22.9 Å². The second-order valence-corrected chi connectivity index (χ2v) is 9.19. The van der Waals surface area contributed by atoms with Crippen molar-refractivity contribution < 1.29 is 9.90 Å². The normalized spacial score (nSPS) is 20.0. The van der Waals surface area contributed by atoms with E-state index in [9.17, 15) is 9.90 Å². The first-order chi connectivity index (χ1) is 13.5. The summed E-state index contributed by atoms with van der Waals surface area (Å²) in [6, 6.07) is 2.04. The van der Waals surface area contributed by atoms with Gasteiger partial charge in [-0.05, 0) is 63.4 Å². The maximum absolute atomic E-state index is 12.0. The molecule has 1 unspecified atom stereocenters. The summed E-state index contributed by atoms with van der Waals surface area (Å²) in [5, 5.41) is 13.3. The lowest BCUT2D eigenvalue weighted by Gasteiger charge is -2.34. The average molecular weight is 401 g/mol. The van der Waals surface area contributed by atoms with E-state index in [1.165, 1.54) is 22.5 Å². The number of thiophene rings is 1. The van der Waals surface area contributed by atoms with Crippen LogP contribution in [-0.4, -0.2) is 49.2 Å². The van der Waals surface area contributed by atoms with E-state index < -0.39 is 5.97 Å². The lowest BCUT2D eigenvalue weighted by Crippen LogP contribution is -2.34. The van der Waals surface area contributed by atoms with Gasteiger partial charge < -0.3 is 15.3 Å². The average Bonchev–Trinajstić information content (AvgIpc) is 3.12. The third-order valence-corrected chi connectivity index (χ3v) is 6.86. The van der Waals surface area contributed by atoms with Crippen LogP contribution in [0.15, 0.2) is 11.6 Å². The molecule has 0 spiro atoms. The lowest BCUT2D eigenvalue weighted by molar-refractivity contribution is 0.0702. The first-order valence-corrected chi connectivity index (χ1v) is 11.3. The molecule has 1 saturated heterocycles. The Bertz CT molecular complexity index is 793. The zero-order chi connectivity index (χ0) is 20.1. The van der Waals surface area contributed by atoms with Crippen LogP contribution in [0.3, 0.4) is 0 Å². The van der Waals surface area contributed by atoms with Crippen molar-refractivity contribution in [2.24, 2.45) is 11.8 Å². The maximum Gasteiger partial charge on any atom is 0.346 e. The molecule has 28 heavy (non-hydrogen) atoms. The topological polar surface area (TPSA) is 52.6 Å². The van der Waals surface area contributed by atoms with Crippen molar-refractivity contribution in [1.29, 1.82) is 0 Å². The van der Waals surface area contributed by atoms with Crippen LogP contribution in [0.4, 0.5) is 0 Å². The third kappa shape index (κ3) is 5.05. The number of rotatable bonds is 5. The number of hydrogen-bond acceptors (Lipinski definition) is 4. The summed E-state index contributed by atoms with van der Waals surface area (Å²) < 4.78 is 0. The summed E-state index contributed by atoms with van der Waals surface area (Å²) in [6.07, 6.45) is 5.53. The standard InChI is InChI=1S/C23H32N2O2S/c1-4-5-16(2)6-7-18-14-20(22(28-18)23(26)27)21-15-25(3)13-10-19(21)17-8-11-24-12-9-17/h14,16-17,24H,4-5,8-13,15H2,1-3H3,(H,26,27). The van der Waals surface area contributed by atoms with Crippen molar-refractivity contribution in [2.45, 2.75) is 46.0 Å². The molecule has 5 heteroatoms. The minimum absolute atomic E-state index is 0.342. The molecule has 0 saturated carbocycles. The van der Waals surface area contributed by atoms with Crippen LogP contribution in [0.25, 0.3) is 5.57 Å². The van der Waals surface area contributed by atoms with Gasteiger partial charge in [-0.1, -0.05) is 37.7 Å². The molecule has 1 fully saturated rings. The predicted octanol–water partition coefficient (Wildman–Crippen LogP) is 4.32. The van der Waals surface area contributed by atoms with E-state index in [1.807, 2.05) is 6.07 Å². The monoisotopic (exact) mass is 400 g/mol. The Hall–Kier alpha value is -1.61. The molecule has 0 amide bonds. The molecular formula is C23H32N2O2S. The first kappa shape index (κ1) is 21.1. The summed E-state index contributed by atoms with van der Waals surface area (Å²) in [6.45, 7) is 8.29. The highest BCUT2D eigenvalue weighted by atomic mass is 32.1. The van der Waals surface area contributed by atoms with Gasteiger partial charge in [-0.2, -0.15) is 0 Å². The number of aromatic carboxylic acids is 1. The summed E-state index contributed by atoms with van der Waals surface area (Å²) in [4.78, 5) is 15.6. The molecular weight excluding hydrogens is 368 g/mol. The van der Waals surface area contributed by atoms with E-state index in [0.717, 1.165) is 68.7 Å². The number of piperidine rings is 1. The fraction of sp³-hybridized carbons (Fsp3) is 0.609. The number of nitrogens with zero attached hydrogens (tertiary/aromatic N) is 1. The van der Waals surface area contributed by atoms with Gasteiger partial charge in [0.25, 0.3) is 0 Å². The Morgan fingerprint density at radius 2 is 2.18 bits per heavy atom. The fourth-order valence-electron chi connectivity index (χ4n) is 4.33. The van der Waals surface area contributed by atoms with Gasteiger partial charge in [0.05, 0.1) is 4.88 Å². The first-order valence-electron chi connectivity index (χ1n) is 10.5. The molecule has 1 atom stereocenters. The van der Waals surface area contributed by atoms with Crippen molar-refractivity contribution in [1.82, 2.24) is 10.2 Å². The minimum atomic E-state index is -0.833. The molecule has 0 radical (unpaired) electrons. The summed E-state index contributed by atoms with van der Waals surface area (Å²) in [5.74, 6) is 6.63. The molecule has 2 aliphatic rings. The number of carboxylic acid groups (broad SMARTS) is 1. The lowest BCUT2D eigenvalue weighted by atomic mass is 9.81. The van der Waals surface area contributed by atoms with Crippen molar-refractivity contribution in [3.63, 3.8) is 0 Å². The van der Waals surface area contributed by atoms with Gasteiger partial charge in [-0.25, -0.2) is 4.79 Å². The summed E-state index contributed by atoms with van der Waals surface area (Å²) in [7, 11) is 2.12. The van der Waals surface area contributed by atoms with E-state index in [4.69, 9.17) is 0 Å². The molecule has 0 bridgehead atoms. The van der Waals surface area contributed by atoms with Crippen molar-refractivity contribution in [2.75, 3.05) is 33.2 Å². The SMILES string of the molecule is CCCC(C)C#Cc1cc(C2=C(C3CCNCC3)CCN(C)C2)c(C(=O)O)s1. The van der Waals surface area contributed by atoms with Crippen molar-refractivity contribution in [3.05, 3.63) is 27.0 Å². The Morgan fingerprint density at radius 1 is 1.43 bits per heavy atom. The number of likely N-dealkylation sites (N-methyl/N-ethyl adjacent to an activating group) is 1. The minimum Gasteiger partial charge on any atom is -0.477 e. The van der Waals surface area contributed by atoms with Crippen LogP contribution < -0.4 is 5.32 Å². The molecule has 0 aromatic carbocycles. The number of carbonyl (C=O) groups is 1. The Balaban J connectivity index is 2.00. The molecule has 1 aromatic rings. The Labute approximate surface area is 173 Å². The van der Waals surface area contributed by atoms with Crippen LogP contribution in [0.5, 0.6) is 0 Å². The van der Waals surface area contributed by atoms with Gasteiger partial charge in [0.15, 0.2) is 0 Å². The molecule has 0 aliphatic carbocycles. The second-order valence-electron chi connectivity index (χ2n) is 8.13. The second kappa shape index (κ2) is 9.73. The smallest absolute Gasteiger partial charge is 0.346 e. The van der Waals surface area contributed by atoms with E-state index in [0.29, 0.717) is 16.7 Å². The zero-order valence-corrected chi connectivity index (χ0v) is 18.1. The quantitative estimate of drug-likeness (QED) is 0.723. The van der Waals surface area contributed by atoms with Crippen LogP contribution in [-0.2, 0) is 0 Å². The van der Waals surface area contributed by atoms with Gasteiger partial charge in [0, 0.05) is 24.6 Å². The highest BCUT2D eigenvalue weighted by molar-refractivity contribution is 7.14. The van der Waals surface area contributed by atoms with Gasteiger partial charge in [-0.3, -0.25) is 0 Å². The molecule has 1 aromatic heterocycles. The van der Waals surface area contributed by atoms with Gasteiger partial charge in [-0.15, -0.1) is 11.3 Å². The van der Waals surface area contributed by atoms with E-state index in [-0.39, 0.29) is 0 Å². The molecule has 2 aliphatic heterocycles. The van der Waals surface area contributed by atoms with Crippen LogP contribution in [0.1, 0.15) is 66.1 Å². The van der Waals surface area contributed by atoms with E-state index in [2.05, 4.69) is 43.0 Å². The van der Waals surface area contributed by atoms with Crippen LogP contribution >= 0.6 is 11.3 Å². The molecule has 3 rings (SSSR count). The highest BCUT2D eigenvalue weighted by Crippen LogP contribution is 2.38.